The molecule has 6 heteroatoms. The second kappa shape index (κ2) is 5.17. The summed E-state index contributed by atoms with van der Waals surface area (Å²) in [7, 11) is 3.00. The Morgan fingerprint density at radius 3 is 2.68 bits per heavy atom. The molecule has 1 aliphatic heterocycles. The third kappa shape index (κ3) is 2.21. The Hall–Kier alpha value is -2.24. The van der Waals surface area contributed by atoms with E-state index in [4.69, 9.17) is 9.47 Å². The van der Waals surface area contributed by atoms with Crippen LogP contribution in [0.1, 0.15) is 11.5 Å². The van der Waals surface area contributed by atoms with Gasteiger partial charge in [-0.1, -0.05) is 12.1 Å². The summed E-state index contributed by atoms with van der Waals surface area (Å²) in [6.45, 7) is 0.277. The monoisotopic (exact) mass is 265 g/mol. The van der Waals surface area contributed by atoms with Gasteiger partial charge >= 0.3 is 5.97 Å². The van der Waals surface area contributed by atoms with E-state index < -0.39 is 23.7 Å². The van der Waals surface area contributed by atoms with Gasteiger partial charge in [0.05, 0.1) is 14.2 Å². The van der Waals surface area contributed by atoms with Gasteiger partial charge in [-0.3, -0.25) is 9.59 Å². The number of aliphatic carboxylic acids is 1. The molecule has 2 atom stereocenters. The molecule has 1 saturated heterocycles. The number of carbonyl (C=O) groups is 2. The summed E-state index contributed by atoms with van der Waals surface area (Å²) in [5.41, 5.74) is 0.660. The van der Waals surface area contributed by atoms with Crippen LogP contribution in [0.2, 0.25) is 0 Å². The van der Waals surface area contributed by atoms with Crippen molar-refractivity contribution in [3.63, 3.8) is 0 Å². The third-order valence-electron chi connectivity index (χ3n) is 3.28. The van der Waals surface area contributed by atoms with Gasteiger partial charge in [0.2, 0.25) is 5.91 Å². The molecule has 0 bridgehead atoms. The molecule has 19 heavy (non-hydrogen) atoms. The van der Waals surface area contributed by atoms with Crippen LogP contribution in [0, 0.1) is 5.92 Å². The number of carboxylic acids is 1. The van der Waals surface area contributed by atoms with E-state index in [9.17, 15) is 14.7 Å². The molecule has 1 fully saturated rings. The quantitative estimate of drug-likeness (QED) is 0.779. The smallest absolute Gasteiger partial charge is 0.316 e. The first-order valence-corrected chi connectivity index (χ1v) is 5.81. The molecule has 1 heterocycles. The molecule has 102 valence electrons. The van der Waals surface area contributed by atoms with Gasteiger partial charge in [-0.05, 0) is 6.07 Å². The van der Waals surface area contributed by atoms with Crippen molar-refractivity contribution in [2.45, 2.75) is 5.92 Å². The SMILES string of the molecule is COc1cccc([C@H]2CNC(=O)[C@@H]2C(=O)O)c1OC. The second-order valence-corrected chi connectivity index (χ2v) is 4.25. The van der Waals surface area contributed by atoms with Crippen molar-refractivity contribution in [2.24, 2.45) is 5.92 Å². The normalized spacial score (nSPS) is 21.9. The number of nitrogens with one attached hydrogen (secondary N) is 1. The summed E-state index contributed by atoms with van der Waals surface area (Å²) in [6.07, 6.45) is 0. The number of hydrogen-bond acceptors (Lipinski definition) is 4. The highest BCUT2D eigenvalue weighted by atomic mass is 16.5. The van der Waals surface area contributed by atoms with Gasteiger partial charge in [0.25, 0.3) is 0 Å². The van der Waals surface area contributed by atoms with Crippen LogP contribution in [0.5, 0.6) is 11.5 Å². The lowest BCUT2D eigenvalue weighted by Crippen LogP contribution is -2.26. The average molecular weight is 265 g/mol. The molecule has 0 spiro atoms. The van der Waals surface area contributed by atoms with E-state index in [1.54, 1.807) is 18.2 Å². The van der Waals surface area contributed by atoms with Gasteiger partial charge in [-0.15, -0.1) is 0 Å². The van der Waals surface area contributed by atoms with Crippen LogP contribution < -0.4 is 14.8 Å². The van der Waals surface area contributed by atoms with Crippen molar-refractivity contribution in [1.82, 2.24) is 5.32 Å². The van der Waals surface area contributed by atoms with Crippen LogP contribution in [0.3, 0.4) is 0 Å². The van der Waals surface area contributed by atoms with Crippen LogP contribution in [0.4, 0.5) is 0 Å². The predicted octanol–water partition coefficient (Wildman–Crippen LogP) is 0.618. The number of carboxylic acid groups (broad SMARTS) is 1. The average Bonchev–Trinajstić information content (AvgIpc) is 2.79. The van der Waals surface area contributed by atoms with Crippen molar-refractivity contribution >= 4 is 11.9 Å². The molecule has 1 amide bonds. The zero-order valence-corrected chi connectivity index (χ0v) is 10.7. The summed E-state index contributed by atoms with van der Waals surface area (Å²) >= 11 is 0. The van der Waals surface area contributed by atoms with Gasteiger partial charge in [0.1, 0.15) is 5.92 Å². The van der Waals surface area contributed by atoms with Crippen LogP contribution >= 0.6 is 0 Å². The Bertz CT molecular complexity index is 514. The fourth-order valence-corrected chi connectivity index (χ4v) is 2.40. The Morgan fingerprint density at radius 1 is 1.37 bits per heavy atom. The molecule has 0 saturated carbocycles. The van der Waals surface area contributed by atoms with E-state index >= 15 is 0 Å². The molecule has 0 unspecified atom stereocenters. The molecule has 1 aromatic rings. The molecule has 0 radical (unpaired) electrons. The molecule has 2 N–H and O–H groups in total. The number of amides is 1. The van der Waals surface area contributed by atoms with Gasteiger partial charge in [-0.25, -0.2) is 0 Å². The number of para-hydroxylation sites is 1. The Balaban J connectivity index is 2.47. The Labute approximate surface area is 110 Å². The molecule has 1 aromatic carbocycles. The van der Waals surface area contributed by atoms with Crippen LogP contribution in [0.25, 0.3) is 0 Å². The lowest BCUT2D eigenvalue weighted by molar-refractivity contribution is -0.145. The number of rotatable bonds is 4. The van der Waals surface area contributed by atoms with E-state index in [2.05, 4.69) is 5.32 Å². The summed E-state index contributed by atoms with van der Waals surface area (Å²) < 4.78 is 10.5. The highest BCUT2D eigenvalue weighted by Crippen LogP contribution is 2.40. The molecular weight excluding hydrogens is 250 g/mol. The lowest BCUT2D eigenvalue weighted by Gasteiger charge is -2.18. The van der Waals surface area contributed by atoms with Crippen LogP contribution in [-0.2, 0) is 9.59 Å². The fourth-order valence-electron chi connectivity index (χ4n) is 2.40. The van der Waals surface area contributed by atoms with Gasteiger partial charge in [-0.2, -0.15) is 0 Å². The van der Waals surface area contributed by atoms with E-state index in [0.29, 0.717) is 17.1 Å². The van der Waals surface area contributed by atoms with Crippen molar-refractivity contribution < 1.29 is 24.2 Å². The zero-order chi connectivity index (χ0) is 14.0. The lowest BCUT2D eigenvalue weighted by atomic mass is 9.88. The molecular formula is C13H15NO5. The minimum atomic E-state index is -1.13. The second-order valence-electron chi connectivity index (χ2n) is 4.25. The minimum Gasteiger partial charge on any atom is -0.493 e. The van der Waals surface area contributed by atoms with Crippen molar-refractivity contribution in [1.29, 1.82) is 0 Å². The topological polar surface area (TPSA) is 84.9 Å². The number of ether oxygens (including phenoxy) is 2. The minimum absolute atomic E-state index is 0.277. The first-order chi connectivity index (χ1) is 9.10. The van der Waals surface area contributed by atoms with E-state index in [1.165, 1.54) is 14.2 Å². The van der Waals surface area contributed by atoms with Crippen molar-refractivity contribution in [3.8, 4) is 11.5 Å². The number of methoxy groups -OCH3 is 2. The molecule has 0 aliphatic carbocycles. The molecule has 6 nitrogen and oxygen atoms in total. The summed E-state index contributed by atoms with van der Waals surface area (Å²) in [5.74, 6) is -2.18. The molecule has 2 rings (SSSR count). The maximum Gasteiger partial charge on any atom is 0.316 e. The van der Waals surface area contributed by atoms with Gasteiger partial charge in [0.15, 0.2) is 11.5 Å². The summed E-state index contributed by atoms with van der Waals surface area (Å²) in [6, 6.07) is 5.23. The van der Waals surface area contributed by atoms with E-state index in [0.717, 1.165) is 0 Å². The number of benzene rings is 1. The van der Waals surface area contributed by atoms with Gasteiger partial charge < -0.3 is 19.9 Å². The number of carbonyl (C=O) groups excluding carboxylic acids is 1. The maximum absolute atomic E-state index is 11.6. The van der Waals surface area contributed by atoms with Crippen LogP contribution in [-0.4, -0.2) is 37.7 Å². The maximum atomic E-state index is 11.6. The highest BCUT2D eigenvalue weighted by Gasteiger charge is 2.42. The Morgan fingerprint density at radius 2 is 2.11 bits per heavy atom. The van der Waals surface area contributed by atoms with E-state index in [-0.39, 0.29) is 6.54 Å². The third-order valence-corrected chi connectivity index (χ3v) is 3.28. The predicted molar refractivity (Wildman–Crippen MR) is 66.4 cm³/mol. The standard InChI is InChI=1S/C13H15NO5/c1-18-9-5-3-4-7(11(9)19-2)8-6-14-12(15)10(8)13(16)17/h3-5,8,10H,6H2,1-2H3,(H,14,15)(H,16,17)/t8-,10-/m1/s1. The number of hydrogen-bond donors (Lipinski definition) is 2. The van der Waals surface area contributed by atoms with Crippen molar-refractivity contribution in [2.75, 3.05) is 20.8 Å². The first kappa shape index (κ1) is 13.2. The highest BCUT2D eigenvalue weighted by molar-refractivity contribution is 6.00. The first-order valence-electron chi connectivity index (χ1n) is 5.81. The van der Waals surface area contributed by atoms with Gasteiger partial charge in [0, 0.05) is 18.0 Å². The summed E-state index contributed by atoms with van der Waals surface area (Å²) in [5, 5.41) is 11.7. The van der Waals surface area contributed by atoms with Crippen LogP contribution in [0.15, 0.2) is 18.2 Å². The Kier molecular flexibility index (Phi) is 3.59. The zero-order valence-electron chi connectivity index (χ0n) is 10.7. The van der Waals surface area contributed by atoms with Crippen molar-refractivity contribution in [3.05, 3.63) is 23.8 Å². The molecule has 0 aromatic heterocycles. The largest absolute Gasteiger partial charge is 0.493 e. The summed E-state index contributed by atoms with van der Waals surface area (Å²) in [4.78, 5) is 22.8. The van der Waals surface area contributed by atoms with E-state index in [1.807, 2.05) is 0 Å². The molecule has 1 aliphatic rings. The fraction of sp³-hybridized carbons (Fsp3) is 0.385.